The van der Waals surface area contributed by atoms with Gasteiger partial charge in [-0.2, -0.15) is 0 Å². The van der Waals surface area contributed by atoms with E-state index in [-0.39, 0.29) is 24.8 Å². The van der Waals surface area contributed by atoms with Crippen molar-refractivity contribution in [2.75, 3.05) is 11.9 Å². The van der Waals surface area contributed by atoms with Gasteiger partial charge in [0.15, 0.2) is 0 Å². The lowest BCUT2D eigenvalue weighted by Gasteiger charge is -2.14. The van der Waals surface area contributed by atoms with Gasteiger partial charge in [-0.15, -0.1) is 0 Å². The molecule has 1 N–H and O–H groups in total. The van der Waals surface area contributed by atoms with E-state index in [1.165, 1.54) is 17.0 Å². The van der Waals surface area contributed by atoms with E-state index in [9.17, 15) is 14.0 Å². The average Bonchev–Trinajstić information content (AvgIpc) is 3.01. The summed E-state index contributed by atoms with van der Waals surface area (Å²) in [6.07, 6.45) is 1.59. The van der Waals surface area contributed by atoms with Crippen molar-refractivity contribution in [1.82, 2.24) is 4.90 Å². The monoisotopic (exact) mass is 436 g/mol. The number of hydrogen-bond donors (Lipinski definition) is 1. The van der Waals surface area contributed by atoms with Gasteiger partial charge in [-0.05, 0) is 23.6 Å². The Morgan fingerprint density at radius 3 is 2.63 bits per heavy atom. The van der Waals surface area contributed by atoms with Crippen LogP contribution < -0.4 is 5.32 Å². The highest BCUT2D eigenvalue weighted by atomic mass is 32.2. The molecular weight excluding hydrogens is 419 g/mol. The molecule has 0 bridgehead atoms. The minimum Gasteiger partial charge on any atom is -0.325 e. The van der Waals surface area contributed by atoms with Crippen LogP contribution in [0.3, 0.4) is 0 Å². The van der Waals surface area contributed by atoms with E-state index in [0.29, 0.717) is 14.8 Å². The van der Waals surface area contributed by atoms with Crippen LogP contribution in [0.5, 0.6) is 0 Å². The van der Waals surface area contributed by atoms with Crippen molar-refractivity contribution < 1.29 is 14.0 Å². The molecule has 0 aromatic heterocycles. The molecule has 3 aromatic rings. The molecule has 30 heavy (non-hydrogen) atoms. The third-order valence-corrected chi connectivity index (χ3v) is 6.07. The lowest BCUT2D eigenvalue weighted by Crippen LogP contribution is -2.31. The molecule has 4 rings (SSSR count). The van der Waals surface area contributed by atoms with Crippen LogP contribution in [0.2, 0.25) is 0 Å². The number of halogens is 1. The number of thioether (sulfide) groups is 1. The smallest absolute Gasteiger partial charge is 0.266 e. The number of rotatable bonds is 5. The first-order valence-corrected chi connectivity index (χ1v) is 10.5. The fourth-order valence-electron chi connectivity index (χ4n) is 3.19. The molecule has 0 saturated carbocycles. The predicted octanol–water partition coefficient (Wildman–Crippen LogP) is 5.21. The number of thiocarbonyl (C=S) groups is 1. The molecule has 1 heterocycles. The number of benzene rings is 3. The van der Waals surface area contributed by atoms with Gasteiger partial charge < -0.3 is 5.32 Å². The fraction of sp³-hybridized carbons (Fsp3) is 0.0870. The summed E-state index contributed by atoms with van der Waals surface area (Å²) in [5.74, 6) is -0.929. The van der Waals surface area contributed by atoms with Gasteiger partial charge in [0, 0.05) is 29.6 Å². The van der Waals surface area contributed by atoms with Crippen LogP contribution >= 0.6 is 24.0 Å². The Kier molecular flexibility index (Phi) is 5.92. The molecule has 0 aliphatic carbocycles. The van der Waals surface area contributed by atoms with Gasteiger partial charge in [0.25, 0.3) is 5.91 Å². The van der Waals surface area contributed by atoms with E-state index < -0.39 is 5.82 Å². The van der Waals surface area contributed by atoms with Crippen LogP contribution in [0.4, 0.5) is 10.1 Å². The summed E-state index contributed by atoms with van der Waals surface area (Å²) in [5, 5.41) is 4.89. The van der Waals surface area contributed by atoms with E-state index in [1.54, 1.807) is 18.2 Å². The summed E-state index contributed by atoms with van der Waals surface area (Å²) >= 11 is 6.40. The van der Waals surface area contributed by atoms with E-state index in [1.807, 2.05) is 42.5 Å². The highest BCUT2D eigenvalue weighted by molar-refractivity contribution is 8.26. The second-order valence-electron chi connectivity index (χ2n) is 6.68. The van der Waals surface area contributed by atoms with Gasteiger partial charge in [0.05, 0.1) is 4.91 Å². The van der Waals surface area contributed by atoms with Crippen molar-refractivity contribution in [2.24, 2.45) is 0 Å². The van der Waals surface area contributed by atoms with Crippen molar-refractivity contribution in [3.05, 3.63) is 83.0 Å². The van der Waals surface area contributed by atoms with Gasteiger partial charge >= 0.3 is 0 Å². The van der Waals surface area contributed by atoms with Crippen LogP contribution in [-0.2, 0) is 9.59 Å². The Balaban J connectivity index is 1.42. The van der Waals surface area contributed by atoms with E-state index in [4.69, 9.17) is 12.2 Å². The quantitative estimate of drug-likeness (QED) is 0.441. The first-order valence-electron chi connectivity index (χ1n) is 9.30. The Morgan fingerprint density at radius 2 is 1.80 bits per heavy atom. The molecule has 0 radical (unpaired) electrons. The van der Waals surface area contributed by atoms with Gasteiger partial charge in [-0.1, -0.05) is 78.6 Å². The maximum absolute atomic E-state index is 13.9. The number of amides is 2. The Morgan fingerprint density at radius 1 is 1.07 bits per heavy atom. The molecule has 0 unspecified atom stereocenters. The zero-order valence-corrected chi connectivity index (χ0v) is 17.4. The molecule has 7 heteroatoms. The van der Waals surface area contributed by atoms with Gasteiger partial charge in [0.1, 0.15) is 10.1 Å². The second kappa shape index (κ2) is 8.77. The van der Waals surface area contributed by atoms with Crippen LogP contribution in [0, 0.1) is 5.82 Å². The number of fused-ring (bicyclic) bond motifs is 1. The van der Waals surface area contributed by atoms with Crippen LogP contribution in [0.25, 0.3) is 16.8 Å². The van der Waals surface area contributed by atoms with Gasteiger partial charge in [0.2, 0.25) is 5.91 Å². The average molecular weight is 437 g/mol. The summed E-state index contributed by atoms with van der Waals surface area (Å²) in [5.41, 5.74) is 1.05. The lowest BCUT2D eigenvalue weighted by molar-refractivity contribution is -0.122. The SMILES string of the molecule is O=C(CCN1C(=O)/C(=C/c2ccccc2F)SC1=S)Nc1cccc2ccccc12. The zero-order valence-electron chi connectivity index (χ0n) is 15.8. The molecule has 0 atom stereocenters. The Labute approximate surface area is 182 Å². The van der Waals surface area contributed by atoms with Gasteiger partial charge in [-0.3, -0.25) is 14.5 Å². The highest BCUT2D eigenvalue weighted by Crippen LogP contribution is 2.33. The van der Waals surface area contributed by atoms with Crippen molar-refractivity contribution in [1.29, 1.82) is 0 Å². The molecule has 4 nitrogen and oxygen atoms in total. The first-order chi connectivity index (χ1) is 14.5. The third-order valence-electron chi connectivity index (χ3n) is 4.69. The van der Waals surface area contributed by atoms with Crippen molar-refractivity contribution in [3.63, 3.8) is 0 Å². The van der Waals surface area contributed by atoms with Crippen molar-refractivity contribution >= 4 is 62.7 Å². The number of carbonyl (C=O) groups excluding carboxylic acids is 2. The Bertz CT molecular complexity index is 1190. The van der Waals surface area contributed by atoms with Crippen LogP contribution in [-0.4, -0.2) is 27.6 Å². The highest BCUT2D eigenvalue weighted by Gasteiger charge is 2.32. The third kappa shape index (κ3) is 4.27. The molecule has 3 aromatic carbocycles. The summed E-state index contributed by atoms with van der Waals surface area (Å²) in [6, 6.07) is 19.7. The Hall–Kier alpha value is -3.03. The summed E-state index contributed by atoms with van der Waals surface area (Å²) in [4.78, 5) is 26.9. The molecular formula is C23H17FN2O2S2. The fourth-order valence-corrected chi connectivity index (χ4v) is 4.49. The minimum atomic E-state index is -0.405. The topological polar surface area (TPSA) is 49.4 Å². The molecule has 150 valence electrons. The van der Waals surface area contributed by atoms with Gasteiger partial charge in [-0.25, -0.2) is 4.39 Å². The van der Waals surface area contributed by atoms with E-state index in [0.717, 1.165) is 28.2 Å². The normalized spacial score (nSPS) is 15.2. The molecule has 1 saturated heterocycles. The minimum absolute atomic E-state index is 0.0998. The van der Waals surface area contributed by atoms with Crippen LogP contribution in [0.1, 0.15) is 12.0 Å². The number of anilines is 1. The maximum atomic E-state index is 13.9. The summed E-state index contributed by atoms with van der Waals surface area (Å²) in [7, 11) is 0. The molecule has 1 aliphatic rings. The lowest BCUT2D eigenvalue weighted by atomic mass is 10.1. The first kappa shape index (κ1) is 20.3. The number of nitrogens with zero attached hydrogens (tertiary/aromatic N) is 1. The summed E-state index contributed by atoms with van der Waals surface area (Å²) < 4.78 is 14.2. The summed E-state index contributed by atoms with van der Waals surface area (Å²) in [6.45, 7) is 0.163. The predicted molar refractivity (Wildman–Crippen MR) is 123 cm³/mol. The van der Waals surface area contributed by atoms with E-state index >= 15 is 0 Å². The zero-order chi connectivity index (χ0) is 21.1. The van der Waals surface area contributed by atoms with Crippen molar-refractivity contribution in [2.45, 2.75) is 6.42 Å². The van der Waals surface area contributed by atoms with E-state index in [2.05, 4.69) is 5.32 Å². The molecule has 0 spiro atoms. The number of nitrogens with one attached hydrogen (secondary N) is 1. The molecule has 2 amide bonds. The standard InChI is InChI=1S/C23H17FN2O2S2/c24-18-10-4-2-7-16(18)14-20-22(28)26(23(29)30-20)13-12-21(27)25-19-11-5-8-15-6-1-3-9-17(15)19/h1-11,14H,12-13H2,(H,25,27)/b20-14-. The second-order valence-corrected chi connectivity index (χ2v) is 8.36. The number of hydrogen-bond acceptors (Lipinski definition) is 4. The van der Waals surface area contributed by atoms with Crippen LogP contribution in [0.15, 0.2) is 71.6 Å². The van der Waals surface area contributed by atoms with Crippen molar-refractivity contribution in [3.8, 4) is 0 Å². The number of carbonyl (C=O) groups is 2. The molecule has 1 fully saturated rings. The maximum Gasteiger partial charge on any atom is 0.266 e. The molecule has 1 aliphatic heterocycles. The largest absolute Gasteiger partial charge is 0.325 e.